The second-order valence-electron chi connectivity index (χ2n) is 5.17. The Balaban J connectivity index is 0.000000277. The zero-order valence-electron chi connectivity index (χ0n) is 15.0. The molecule has 0 saturated heterocycles. The number of benzene rings is 2. The zero-order chi connectivity index (χ0) is 20.6. The van der Waals surface area contributed by atoms with Crippen LogP contribution in [0.1, 0.15) is 27.6 Å². The number of hydrogen-bond acceptors (Lipinski definition) is 8. The lowest BCUT2D eigenvalue weighted by Crippen LogP contribution is -2.07. The smallest absolute Gasteiger partial charge is 0.341 e. The van der Waals surface area contributed by atoms with Crippen LogP contribution in [0.25, 0.3) is 0 Å². The van der Waals surface area contributed by atoms with Gasteiger partial charge >= 0.3 is 11.9 Å². The molecule has 9 heteroatoms. The number of carbonyl (C=O) groups is 3. The maximum absolute atomic E-state index is 11.1. The lowest BCUT2D eigenvalue weighted by Gasteiger charge is -2.05. The predicted octanol–water partition coefficient (Wildman–Crippen LogP) is 1.90. The second-order valence-corrected chi connectivity index (χ2v) is 5.17. The van der Waals surface area contributed by atoms with E-state index in [9.17, 15) is 24.6 Å². The van der Waals surface area contributed by atoms with Crippen LogP contribution < -0.4 is 11.1 Å². The number of methoxy groups -OCH3 is 2. The summed E-state index contributed by atoms with van der Waals surface area (Å²) in [7, 11) is 2.47. The largest absolute Gasteiger partial charge is 0.507 e. The van der Waals surface area contributed by atoms with Crippen molar-refractivity contribution in [1.29, 1.82) is 0 Å². The van der Waals surface area contributed by atoms with E-state index >= 15 is 0 Å². The highest BCUT2D eigenvalue weighted by atomic mass is 16.5. The number of amides is 1. The molecule has 9 nitrogen and oxygen atoms in total. The Labute approximate surface area is 155 Å². The average molecular weight is 376 g/mol. The van der Waals surface area contributed by atoms with Crippen molar-refractivity contribution in [2.24, 2.45) is 0 Å². The van der Waals surface area contributed by atoms with Gasteiger partial charge in [0.1, 0.15) is 22.6 Å². The minimum atomic E-state index is -0.623. The molecule has 0 fully saturated rings. The van der Waals surface area contributed by atoms with E-state index in [-0.39, 0.29) is 28.5 Å². The van der Waals surface area contributed by atoms with E-state index < -0.39 is 11.9 Å². The van der Waals surface area contributed by atoms with Crippen LogP contribution in [0.5, 0.6) is 11.5 Å². The standard InChI is InChI=1S/C10H11NO4.C8H9NO3/c1-6(12)11-7-3-4-8(9(13)5-7)10(14)15-2;1-12-8(11)6-3-2-5(9)4-7(6)10/h3-5,13H,1-2H3,(H,11,12);2-4,10H,9H2,1H3. The highest BCUT2D eigenvalue weighted by molar-refractivity contribution is 5.94. The Kier molecular flexibility index (Phi) is 7.62. The van der Waals surface area contributed by atoms with E-state index in [4.69, 9.17) is 5.73 Å². The molecule has 0 saturated carbocycles. The van der Waals surface area contributed by atoms with Crippen molar-refractivity contribution < 1.29 is 34.1 Å². The molecule has 0 spiro atoms. The van der Waals surface area contributed by atoms with Crippen LogP contribution in [-0.4, -0.2) is 42.3 Å². The summed E-state index contributed by atoms with van der Waals surface area (Å²) in [6, 6.07) is 8.40. The first-order valence-electron chi connectivity index (χ1n) is 7.55. The first-order valence-corrected chi connectivity index (χ1v) is 7.55. The highest BCUT2D eigenvalue weighted by Gasteiger charge is 2.12. The fourth-order valence-corrected chi connectivity index (χ4v) is 1.93. The predicted molar refractivity (Wildman–Crippen MR) is 97.6 cm³/mol. The van der Waals surface area contributed by atoms with E-state index in [0.717, 1.165) is 0 Å². The summed E-state index contributed by atoms with van der Waals surface area (Å²) in [5.41, 5.74) is 6.36. The minimum absolute atomic E-state index is 0.0617. The maximum Gasteiger partial charge on any atom is 0.341 e. The van der Waals surface area contributed by atoms with E-state index in [2.05, 4.69) is 14.8 Å². The normalized spacial score (nSPS) is 9.44. The summed E-state index contributed by atoms with van der Waals surface area (Å²) in [4.78, 5) is 32.7. The summed E-state index contributed by atoms with van der Waals surface area (Å²) in [5.74, 6) is -1.84. The topological polar surface area (TPSA) is 148 Å². The number of nitrogens with one attached hydrogen (secondary N) is 1. The summed E-state index contributed by atoms with van der Waals surface area (Å²) in [5, 5.41) is 21.1. The van der Waals surface area contributed by atoms with Gasteiger partial charge in [-0.1, -0.05) is 0 Å². The number of esters is 2. The van der Waals surface area contributed by atoms with Crippen molar-refractivity contribution in [3.63, 3.8) is 0 Å². The Morgan fingerprint density at radius 2 is 1.37 bits per heavy atom. The maximum atomic E-state index is 11.1. The van der Waals surface area contributed by atoms with Gasteiger partial charge in [-0.15, -0.1) is 0 Å². The molecule has 0 atom stereocenters. The molecule has 0 aliphatic heterocycles. The average Bonchev–Trinajstić information content (AvgIpc) is 2.60. The molecular weight excluding hydrogens is 356 g/mol. The molecule has 0 aliphatic rings. The van der Waals surface area contributed by atoms with Crippen LogP contribution in [0, 0.1) is 0 Å². The number of phenolic OH excluding ortho intramolecular Hbond substituents is 2. The Morgan fingerprint density at radius 1 is 0.889 bits per heavy atom. The quantitative estimate of drug-likeness (QED) is 0.469. The molecule has 0 heterocycles. The number of anilines is 2. The fraction of sp³-hybridized carbons (Fsp3) is 0.167. The zero-order valence-corrected chi connectivity index (χ0v) is 15.0. The van der Waals surface area contributed by atoms with Gasteiger partial charge in [-0.3, -0.25) is 4.79 Å². The van der Waals surface area contributed by atoms with Crippen LogP contribution in [0.4, 0.5) is 11.4 Å². The molecule has 144 valence electrons. The van der Waals surface area contributed by atoms with Gasteiger partial charge < -0.3 is 30.7 Å². The summed E-state index contributed by atoms with van der Waals surface area (Å²) in [6.07, 6.45) is 0. The highest BCUT2D eigenvalue weighted by Crippen LogP contribution is 2.22. The monoisotopic (exact) mass is 376 g/mol. The van der Waals surface area contributed by atoms with Crippen molar-refractivity contribution in [3.05, 3.63) is 47.5 Å². The van der Waals surface area contributed by atoms with Crippen LogP contribution in [0.2, 0.25) is 0 Å². The lowest BCUT2D eigenvalue weighted by molar-refractivity contribution is -0.114. The van der Waals surface area contributed by atoms with E-state index in [1.807, 2.05) is 0 Å². The third kappa shape index (κ3) is 6.24. The van der Waals surface area contributed by atoms with Gasteiger partial charge in [-0.25, -0.2) is 9.59 Å². The van der Waals surface area contributed by atoms with Gasteiger partial charge in [0.15, 0.2) is 0 Å². The van der Waals surface area contributed by atoms with Crippen LogP contribution in [0.15, 0.2) is 36.4 Å². The number of aromatic hydroxyl groups is 2. The van der Waals surface area contributed by atoms with Crippen molar-refractivity contribution in [2.75, 3.05) is 25.3 Å². The Morgan fingerprint density at radius 3 is 1.78 bits per heavy atom. The Bertz CT molecular complexity index is 850. The molecule has 1 amide bonds. The third-order valence-electron chi connectivity index (χ3n) is 3.15. The van der Waals surface area contributed by atoms with Gasteiger partial charge in [-0.05, 0) is 24.3 Å². The van der Waals surface area contributed by atoms with Crippen molar-refractivity contribution in [1.82, 2.24) is 0 Å². The van der Waals surface area contributed by atoms with Gasteiger partial charge in [0, 0.05) is 30.4 Å². The van der Waals surface area contributed by atoms with Crippen molar-refractivity contribution in [3.8, 4) is 11.5 Å². The summed E-state index contributed by atoms with van der Waals surface area (Å²) >= 11 is 0. The molecule has 0 radical (unpaired) electrons. The van der Waals surface area contributed by atoms with Crippen LogP contribution >= 0.6 is 0 Å². The van der Waals surface area contributed by atoms with Crippen molar-refractivity contribution in [2.45, 2.75) is 6.92 Å². The van der Waals surface area contributed by atoms with Gasteiger partial charge in [0.25, 0.3) is 0 Å². The molecule has 0 unspecified atom stereocenters. The van der Waals surface area contributed by atoms with Crippen LogP contribution in [-0.2, 0) is 14.3 Å². The Hall–Kier alpha value is -3.75. The first kappa shape index (κ1) is 21.3. The molecule has 0 bridgehead atoms. The number of phenols is 2. The summed E-state index contributed by atoms with van der Waals surface area (Å²) in [6.45, 7) is 1.35. The van der Waals surface area contributed by atoms with E-state index in [0.29, 0.717) is 11.4 Å². The molecule has 0 aromatic heterocycles. The molecule has 5 N–H and O–H groups in total. The first-order chi connectivity index (χ1) is 12.7. The number of nitrogens with two attached hydrogens (primary N) is 1. The number of rotatable bonds is 3. The van der Waals surface area contributed by atoms with Gasteiger partial charge in [-0.2, -0.15) is 0 Å². The third-order valence-corrected chi connectivity index (χ3v) is 3.15. The molecule has 2 rings (SSSR count). The second kappa shape index (κ2) is 9.66. The fourth-order valence-electron chi connectivity index (χ4n) is 1.93. The molecule has 0 aliphatic carbocycles. The molecule has 2 aromatic carbocycles. The molecule has 2 aromatic rings. The molecule has 27 heavy (non-hydrogen) atoms. The van der Waals surface area contributed by atoms with Gasteiger partial charge in [0.2, 0.25) is 5.91 Å². The lowest BCUT2D eigenvalue weighted by atomic mass is 10.2. The molecular formula is C18H20N2O7. The van der Waals surface area contributed by atoms with E-state index in [1.54, 1.807) is 0 Å². The summed E-state index contributed by atoms with van der Waals surface area (Å²) < 4.78 is 8.87. The number of carbonyl (C=O) groups excluding carboxylic acids is 3. The number of ether oxygens (including phenoxy) is 2. The van der Waals surface area contributed by atoms with Gasteiger partial charge in [0.05, 0.1) is 14.2 Å². The number of hydrogen-bond donors (Lipinski definition) is 4. The SMILES string of the molecule is COC(=O)c1ccc(N)cc1O.COC(=O)c1ccc(NC(C)=O)cc1O. The van der Waals surface area contributed by atoms with Crippen molar-refractivity contribution >= 4 is 29.2 Å². The minimum Gasteiger partial charge on any atom is -0.507 e. The van der Waals surface area contributed by atoms with E-state index in [1.165, 1.54) is 57.5 Å². The van der Waals surface area contributed by atoms with Crippen LogP contribution in [0.3, 0.4) is 0 Å². The number of nitrogen functional groups attached to an aromatic ring is 1.